The second kappa shape index (κ2) is 6.97. The van der Waals surface area contributed by atoms with Gasteiger partial charge < -0.3 is 9.64 Å². The van der Waals surface area contributed by atoms with Gasteiger partial charge in [0.05, 0.1) is 7.11 Å². The molecule has 122 valence electrons. The Balaban J connectivity index is 1.62. The number of hydrogen-bond acceptors (Lipinski definition) is 6. The Bertz CT molecular complexity index is 605. The predicted octanol–water partition coefficient (Wildman–Crippen LogP) is 1.56. The lowest BCUT2D eigenvalue weighted by atomic mass is 10.0. The van der Waals surface area contributed by atoms with Crippen molar-refractivity contribution in [3.8, 4) is 6.07 Å². The Morgan fingerprint density at radius 1 is 1.35 bits per heavy atom. The lowest BCUT2D eigenvalue weighted by Gasteiger charge is -2.39. The smallest absolute Gasteiger partial charge is 0.323 e. The molecule has 6 nitrogen and oxygen atoms in total. The summed E-state index contributed by atoms with van der Waals surface area (Å²) in [5.74, 6) is -0.0993. The highest BCUT2D eigenvalue weighted by atomic mass is 16.5. The van der Waals surface area contributed by atoms with Gasteiger partial charge in [0.25, 0.3) is 0 Å². The number of pyridine rings is 1. The van der Waals surface area contributed by atoms with Crippen molar-refractivity contribution in [2.45, 2.75) is 37.8 Å². The summed E-state index contributed by atoms with van der Waals surface area (Å²) in [5, 5.41) is 8.97. The third-order valence-corrected chi connectivity index (χ3v) is 4.92. The summed E-state index contributed by atoms with van der Waals surface area (Å²) in [7, 11) is 1.47. The van der Waals surface area contributed by atoms with Crippen LogP contribution in [0.5, 0.6) is 0 Å². The number of esters is 1. The first kappa shape index (κ1) is 15.8. The Morgan fingerprint density at radius 3 is 2.83 bits per heavy atom. The van der Waals surface area contributed by atoms with Gasteiger partial charge in [-0.05, 0) is 44.4 Å². The van der Waals surface area contributed by atoms with Crippen LogP contribution in [0, 0.1) is 11.3 Å². The van der Waals surface area contributed by atoms with Gasteiger partial charge in [-0.3, -0.25) is 9.69 Å². The molecule has 1 aromatic heterocycles. The maximum absolute atomic E-state index is 11.9. The molecule has 0 bridgehead atoms. The number of ether oxygens (including phenoxy) is 1. The van der Waals surface area contributed by atoms with Crippen LogP contribution in [0.1, 0.15) is 31.4 Å². The molecule has 6 heteroatoms. The summed E-state index contributed by atoms with van der Waals surface area (Å²) < 4.78 is 4.94. The van der Waals surface area contributed by atoms with E-state index in [0.717, 1.165) is 51.0 Å². The molecule has 1 aromatic rings. The fraction of sp³-hybridized carbons (Fsp3) is 0.588. The number of methoxy groups -OCH3 is 1. The molecule has 0 aromatic carbocycles. The summed E-state index contributed by atoms with van der Waals surface area (Å²) in [5.41, 5.74) is 1.51. The molecule has 0 amide bonds. The second-order valence-electron chi connectivity index (χ2n) is 6.15. The van der Waals surface area contributed by atoms with Crippen LogP contribution in [0.3, 0.4) is 0 Å². The van der Waals surface area contributed by atoms with Crippen molar-refractivity contribution < 1.29 is 9.53 Å². The van der Waals surface area contributed by atoms with E-state index < -0.39 is 0 Å². The van der Waals surface area contributed by atoms with Crippen molar-refractivity contribution in [1.82, 2.24) is 9.88 Å². The van der Waals surface area contributed by atoms with Gasteiger partial charge >= 0.3 is 5.97 Å². The third-order valence-electron chi connectivity index (χ3n) is 4.92. The number of likely N-dealkylation sites (tertiary alicyclic amines) is 1. The third kappa shape index (κ3) is 3.30. The lowest BCUT2D eigenvalue weighted by molar-refractivity contribution is -0.146. The molecule has 0 saturated carbocycles. The molecule has 2 aliphatic rings. The molecule has 0 unspecified atom stereocenters. The van der Waals surface area contributed by atoms with Gasteiger partial charge in [0.2, 0.25) is 0 Å². The molecule has 0 N–H and O–H groups in total. The Kier molecular flexibility index (Phi) is 4.77. The van der Waals surface area contributed by atoms with Gasteiger partial charge in [0, 0.05) is 31.0 Å². The summed E-state index contributed by atoms with van der Waals surface area (Å²) in [6.45, 7) is 2.85. The van der Waals surface area contributed by atoms with E-state index in [1.54, 1.807) is 6.20 Å². The van der Waals surface area contributed by atoms with Crippen LogP contribution in [0.25, 0.3) is 0 Å². The fourth-order valence-corrected chi connectivity index (χ4v) is 3.75. The fourth-order valence-electron chi connectivity index (χ4n) is 3.75. The van der Waals surface area contributed by atoms with Crippen LogP contribution in [0.4, 0.5) is 5.69 Å². The number of hydrogen-bond donors (Lipinski definition) is 0. The zero-order valence-electron chi connectivity index (χ0n) is 13.4. The van der Waals surface area contributed by atoms with Gasteiger partial charge in [0.15, 0.2) is 0 Å². The number of nitrogens with zero attached hydrogens (tertiary/aromatic N) is 4. The van der Waals surface area contributed by atoms with Crippen LogP contribution in [0.15, 0.2) is 18.3 Å². The number of aromatic nitrogens is 1. The number of piperidine rings is 1. The molecule has 3 heterocycles. The number of carbonyl (C=O) groups is 1. The lowest BCUT2D eigenvalue weighted by Crippen LogP contribution is -2.49. The Morgan fingerprint density at radius 2 is 2.13 bits per heavy atom. The van der Waals surface area contributed by atoms with Gasteiger partial charge in [0.1, 0.15) is 17.8 Å². The van der Waals surface area contributed by atoms with E-state index in [4.69, 9.17) is 10.00 Å². The van der Waals surface area contributed by atoms with Crippen molar-refractivity contribution in [3.05, 3.63) is 24.0 Å². The van der Waals surface area contributed by atoms with Crippen LogP contribution in [-0.4, -0.2) is 54.7 Å². The Hall–Kier alpha value is -2.13. The molecule has 0 aliphatic carbocycles. The molecule has 23 heavy (non-hydrogen) atoms. The first-order chi connectivity index (χ1) is 11.2. The number of rotatable bonds is 3. The highest BCUT2D eigenvalue weighted by Crippen LogP contribution is 2.28. The average Bonchev–Trinajstić information content (AvgIpc) is 3.11. The van der Waals surface area contributed by atoms with Gasteiger partial charge in [-0.25, -0.2) is 4.98 Å². The van der Waals surface area contributed by atoms with Crippen LogP contribution in [-0.2, 0) is 9.53 Å². The van der Waals surface area contributed by atoms with Gasteiger partial charge in [-0.2, -0.15) is 5.26 Å². The molecule has 1 atom stereocenters. The zero-order chi connectivity index (χ0) is 16.2. The maximum atomic E-state index is 11.9. The van der Waals surface area contributed by atoms with Crippen molar-refractivity contribution in [1.29, 1.82) is 5.26 Å². The molecule has 2 aliphatic heterocycles. The first-order valence-corrected chi connectivity index (χ1v) is 8.17. The molecule has 0 radical (unpaired) electrons. The second-order valence-corrected chi connectivity index (χ2v) is 6.15. The van der Waals surface area contributed by atoms with E-state index in [9.17, 15) is 4.79 Å². The Labute approximate surface area is 136 Å². The summed E-state index contributed by atoms with van der Waals surface area (Å²) in [4.78, 5) is 20.6. The minimum atomic E-state index is -0.0993. The van der Waals surface area contributed by atoms with Crippen LogP contribution in [0.2, 0.25) is 0 Å². The van der Waals surface area contributed by atoms with E-state index in [1.807, 2.05) is 12.1 Å². The molecular formula is C17H22N4O2. The first-order valence-electron chi connectivity index (χ1n) is 8.17. The van der Waals surface area contributed by atoms with Crippen LogP contribution < -0.4 is 4.90 Å². The summed E-state index contributed by atoms with van der Waals surface area (Å²) >= 11 is 0. The van der Waals surface area contributed by atoms with Crippen molar-refractivity contribution in [2.75, 3.05) is 31.6 Å². The predicted molar refractivity (Wildman–Crippen MR) is 85.9 cm³/mol. The van der Waals surface area contributed by atoms with Gasteiger partial charge in [-0.15, -0.1) is 0 Å². The molecule has 2 saturated heterocycles. The quantitative estimate of drug-likeness (QED) is 0.789. The minimum absolute atomic E-state index is 0.0670. The van der Waals surface area contributed by atoms with E-state index >= 15 is 0 Å². The minimum Gasteiger partial charge on any atom is -0.468 e. The van der Waals surface area contributed by atoms with Crippen molar-refractivity contribution in [2.24, 2.45) is 0 Å². The largest absolute Gasteiger partial charge is 0.468 e. The SMILES string of the molecule is COC(=O)[C@@H]1CCCN1C1CCN(c2ccnc(C#N)c2)CC1. The summed E-state index contributed by atoms with van der Waals surface area (Å²) in [6, 6.07) is 6.25. The number of carbonyl (C=O) groups excluding carboxylic acids is 1. The van der Waals surface area contributed by atoms with E-state index in [-0.39, 0.29) is 12.0 Å². The number of nitriles is 1. The van der Waals surface area contributed by atoms with E-state index in [1.165, 1.54) is 7.11 Å². The normalized spacial score (nSPS) is 22.8. The molecule has 0 spiro atoms. The average molecular weight is 314 g/mol. The van der Waals surface area contributed by atoms with Gasteiger partial charge in [-0.1, -0.05) is 0 Å². The number of anilines is 1. The molecular weight excluding hydrogens is 292 g/mol. The van der Waals surface area contributed by atoms with Crippen molar-refractivity contribution >= 4 is 11.7 Å². The topological polar surface area (TPSA) is 69.5 Å². The highest BCUT2D eigenvalue weighted by Gasteiger charge is 2.37. The van der Waals surface area contributed by atoms with E-state index in [2.05, 4.69) is 20.9 Å². The maximum Gasteiger partial charge on any atom is 0.323 e. The van der Waals surface area contributed by atoms with Crippen molar-refractivity contribution in [3.63, 3.8) is 0 Å². The van der Waals surface area contributed by atoms with Crippen LogP contribution >= 0.6 is 0 Å². The standard InChI is InChI=1S/C17H22N4O2/c1-23-17(22)16-3-2-8-21(16)14-5-9-20(10-6-14)15-4-7-19-13(11-15)12-18/h4,7,11,14,16H,2-3,5-6,8-10H2,1H3/t16-/m0/s1. The summed E-state index contributed by atoms with van der Waals surface area (Å²) in [6.07, 6.45) is 5.71. The monoisotopic (exact) mass is 314 g/mol. The molecule has 2 fully saturated rings. The molecule has 3 rings (SSSR count). The highest BCUT2D eigenvalue weighted by molar-refractivity contribution is 5.76. The zero-order valence-corrected chi connectivity index (χ0v) is 13.4. The van der Waals surface area contributed by atoms with E-state index in [0.29, 0.717) is 11.7 Å².